The number of ether oxygens (including phenoxy) is 1. The summed E-state index contributed by atoms with van der Waals surface area (Å²) in [5.74, 6) is 0.645. The number of benzene rings is 2. The summed E-state index contributed by atoms with van der Waals surface area (Å²) < 4.78 is 6.69. The fraction of sp³-hybridized carbons (Fsp3) is 0.250. The Kier molecular flexibility index (Phi) is 4.60. The van der Waals surface area contributed by atoms with E-state index >= 15 is 0 Å². The summed E-state index contributed by atoms with van der Waals surface area (Å²) in [7, 11) is 0. The first kappa shape index (κ1) is 17.5. The third-order valence-corrected chi connectivity index (χ3v) is 4.49. The van der Waals surface area contributed by atoms with E-state index in [1.54, 1.807) is 36.5 Å². The van der Waals surface area contributed by atoms with Crippen LogP contribution in [0, 0.1) is 0 Å². The Balaban J connectivity index is 2.09. The van der Waals surface area contributed by atoms with Crippen LogP contribution in [-0.2, 0) is 0 Å². The molecule has 4 nitrogen and oxygen atoms in total. The number of carbonyl (C=O) groups excluding carboxylic acids is 1. The van der Waals surface area contributed by atoms with E-state index < -0.39 is 6.10 Å². The van der Waals surface area contributed by atoms with E-state index in [-0.39, 0.29) is 17.1 Å². The lowest BCUT2D eigenvalue weighted by atomic mass is 9.91. The second-order valence-electron chi connectivity index (χ2n) is 7.03. The summed E-state index contributed by atoms with van der Waals surface area (Å²) in [4.78, 5) is 13.0. The fourth-order valence-corrected chi connectivity index (χ4v) is 2.99. The third-order valence-electron chi connectivity index (χ3n) is 3.86. The molecule has 0 aromatic heterocycles. The molecular formula is C20H20BrNO3. The van der Waals surface area contributed by atoms with E-state index in [0.717, 1.165) is 5.56 Å². The number of hydrogen-bond acceptors (Lipinski definition) is 4. The van der Waals surface area contributed by atoms with Gasteiger partial charge < -0.3 is 15.2 Å². The normalized spacial score (nSPS) is 18.6. The largest absolute Gasteiger partial charge is 0.507 e. The van der Waals surface area contributed by atoms with Gasteiger partial charge in [-0.25, -0.2) is 0 Å². The lowest BCUT2D eigenvalue weighted by Crippen LogP contribution is -2.34. The van der Waals surface area contributed by atoms with Crippen LogP contribution in [0.4, 0.5) is 0 Å². The minimum absolute atomic E-state index is 0.0622. The van der Waals surface area contributed by atoms with Crippen molar-refractivity contribution in [3.8, 4) is 11.5 Å². The van der Waals surface area contributed by atoms with E-state index in [0.29, 0.717) is 21.4 Å². The second-order valence-corrected chi connectivity index (χ2v) is 7.88. The highest BCUT2D eigenvalue weighted by molar-refractivity contribution is 9.10. The van der Waals surface area contributed by atoms with Crippen molar-refractivity contribution in [1.29, 1.82) is 0 Å². The molecule has 2 aromatic rings. The van der Waals surface area contributed by atoms with Crippen molar-refractivity contribution in [3.05, 3.63) is 69.8 Å². The molecule has 1 heterocycles. The second kappa shape index (κ2) is 6.56. The van der Waals surface area contributed by atoms with Gasteiger partial charge in [-0.3, -0.25) is 4.79 Å². The minimum Gasteiger partial charge on any atom is -0.507 e. The van der Waals surface area contributed by atoms with Crippen LogP contribution in [0.5, 0.6) is 11.5 Å². The first-order valence-corrected chi connectivity index (χ1v) is 8.82. The monoisotopic (exact) mass is 401 g/mol. The topological polar surface area (TPSA) is 58.6 Å². The molecule has 0 amide bonds. The summed E-state index contributed by atoms with van der Waals surface area (Å²) in [6.45, 7) is 6.08. The van der Waals surface area contributed by atoms with Gasteiger partial charge in [0.05, 0.1) is 15.6 Å². The first-order chi connectivity index (χ1) is 11.8. The van der Waals surface area contributed by atoms with Crippen LogP contribution < -0.4 is 10.1 Å². The van der Waals surface area contributed by atoms with E-state index in [9.17, 15) is 9.90 Å². The maximum atomic E-state index is 13.0. The standard InChI is InChI=1S/C20H20BrNO3/c1-20(2,3)22-11-14-18(24)13-6-4-5-7-17(13)25-19(14)12-8-9-16(23)15(21)10-12/h4-11,19,22-23H,1-3H3/b14-11+. The number of phenolic OH excluding ortho intramolecular Hbond substituents is 1. The molecule has 25 heavy (non-hydrogen) atoms. The molecule has 1 aliphatic heterocycles. The van der Waals surface area contributed by atoms with Crippen molar-refractivity contribution in [3.63, 3.8) is 0 Å². The van der Waals surface area contributed by atoms with Gasteiger partial charge in [0.25, 0.3) is 0 Å². The molecule has 0 saturated heterocycles. The van der Waals surface area contributed by atoms with Gasteiger partial charge >= 0.3 is 0 Å². The van der Waals surface area contributed by atoms with Crippen molar-refractivity contribution in [2.24, 2.45) is 0 Å². The Hall–Kier alpha value is -2.27. The van der Waals surface area contributed by atoms with Crippen LogP contribution in [0.2, 0.25) is 0 Å². The van der Waals surface area contributed by atoms with Gasteiger partial charge in [-0.2, -0.15) is 0 Å². The molecule has 0 radical (unpaired) electrons. The highest BCUT2D eigenvalue weighted by Crippen LogP contribution is 2.39. The molecule has 1 atom stereocenters. The number of fused-ring (bicyclic) bond motifs is 1. The highest BCUT2D eigenvalue weighted by Gasteiger charge is 2.33. The highest BCUT2D eigenvalue weighted by atomic mass is 79.9. The predicted octanol–water partition coefficient (Wildman–Crippen LogP) is 4.74. The van der Waals surface area contributed by atoms with Crippen LogP contribution in [0.1, 0.15) is 42.8 Å². The quantitative estimate of drug-likeness (QED) is 0.713. The number of nitrogens with one attached hydrogen (secondary N) is 1. The minimum atomic E-state index is -0.547. The number of para-hydroxylation sites is 1. The third kappa shape index (κ3) is 3.71. The van der Waals surface area contributed by atoms with Gasteiger partial charge in [-0.05, 0) is 66.5 Å². The zero-order valence-electron chi connectivity index (χ0n) is 14.3. The number of carbonyl (C=O) groups is 1. The van der Waals surface area contributed by atoms with Crippen molar-refractivity contribution in [2.45, 2.75) is 32.4 Å². The molecule has 1 aliphatic rings. The van der Waals surface area contributed by atoms with Crippen molar-refractivity contribution in [1.82, 2.24) is 5.32 Å². The Bertz CT molecular complexity index is 852. The lowest BCUT2D eigenvalue weighted by Gasteiger charge is -2.29. The SMILES string of the molecule is CC(C)(C)N/C=C1\C(=O)c2ccccc2OC1c1ccc(O)c(Br)c1. The average molecular weight is 402 g/mol. The van der Waals surface area contributed by atoms with Crippen molar-refractivity contribution >= 4 is 21.7 Å². The Morgan fingerprint density at radius 1 is 1.20 bits per heavy atom. The molecule has 0 bridgehead atoms. The van der Waals surface area contributed by atoms with Crippen LogP contribution in [-0.4, -0.2) is 16.4 Å². The summed E-state index contributed by atoms with van der Waals surface area (Å²) in [6, 6.07) is 12.4. The summed E-state index contributed by atoms with van der Waals surface area (Å²) in [5, 5.41) is 13.0. The molecule has 5 heteroatoms. The summed E-state index contributed by atoms with van der Waals surface area (Å²) >= 11 is 3.32. The molecule has 1 unspecified atom stereocenters. The average Bonchev–Trinajstić information content (AvgIpc) is 2.55. The van der Waals surface area contributed by atoms with Crippen LogP contribution in [0.3, 0.4) is 0 Å². The molecule has 0 saturated carbocycles. The number of rotatable bonds is 2. The number of hydrogen-bond donors (Lipinski definition) is 2. The molecule has 2 aromatic carbocycles. The predicted molar refractivity (Wildman–Crippen MR) is 101 cm³/mol. The van der Waals surface area contributed by atoms with Gasteiger partial charge in [0.2, 0.25) is 0 Å². The summed E-state index contributed by atoms with van der Waals surface area (Å²) in [5.41, 5.74) is 1.70. The molecule has 0 spiro atoms. The molecule has 130 valence electrons. The molecular weight excluding hydrogens is 382 g/mol. The zero-order chi connectivity index (χ0) is 18.2. The number of phenols is 1. The zero-order valence-corrected chi connectivity index (χ0v) is 15.9. The smallest absolute Gasteiger partial charge is 0.198 e. The Morgan fingerprint density at radius 3 is 2.60 bits per heavy atom. The van der Waals surface area contributed by atoms with Gasteiger partial charge in [0, 0.05) is 11.7 Å². The molecule has 0 aliphatic carbocycles. The van der Waals surface area contributed by atoms with Crippen molar-refractivity contribution < 1.29 is 14.6 Å². The maximum Gasteiger partial charge on any atom is 0.198 e. The lowest BCUT2D eigenvalue weighted by molar-refractivity contribution is 0.0959. The summed E-state index contributed by atoms with van der Waals surface area (Å²) in [6.07, 6.45) is 1.19. The van der Waals surface area contributed by atoms with Crippen LogP contribution >= 0.6 is 15.9 Å². The Labute approximate surface area is 155 Å². The number of ketones is 1. The van der Waals surface area contributed by atoms with Crippen LogP contribution in [0.25, 0.3) is 0 Å². The van der Waals surface area contributed by atoms with Crippen molar-refractivity contribution in [2.75, 3.05) is 0 Å². The number of aromatic hydroxyl groups is 1. The fourth-order valence-electron chi connectivity index (χ4n) is 2.59. The molecule has 2 N–H and O–H groups in total. The Morgan fingerprint density at radius 2 is 1.92 bits per heavy atom. The molecule has 0 fully saturated rings. The van der Waals surface area contributed by atoms with E-state index in [4.69, 9.17) is 4.74 Å². The number of halogens is 1. The van der Waals surface area contributed by atoms with E-state index in [1.165, 1.54) is 0 Å². The maximum absolute atomic E-state index is 13.0. The van der Waals surface area contributed by atoms with Gasteiger partial charge in [0.1, 0.15) is 11.5 Å². The molecule has 3 rings (SSSR count). The van der Waals surface area contributed by atoms with E-state index in [2.05, 4.69) is 21.2 Å². The van der Waals surface area contributed by atoms with Gasteiger partial charge in [-0.15, -0.1) is 0 Å². The van der Waals surface area contributed by atoms with Gasteiger partial charge in [-0.1, -0.05) is 18.2 Å². The number of Topliss-reactive ketones (excluding diaryl/α,β-unsaturated/α-hetero) is 1. The van der Waals surface area contributed by atoms with Gasteiger partial charge in [0.15, 0.2) is 11.9 Å². The van der Waals surface area contributed by atoms with E-state index in [1.807, 2.05) is 32.9 Å². The van der Waals surface area contributed by atoms with Crippen LogP contribution in [0.15, 0.2) is 58.7 Å². The first-order valence-electron chi connectivity index (χ1n) is 8.03.